The molecule has 0 unspecified atom stereocenters. The number of halogens is 6. The Balaban J connectivity index is 1.66. The maximum atomic E-state index is 13.5. The maximum absolute atomic E-state index is 13.5. The van der Waals surface area contributed by atoms with E-state index in [4.69, 9.17) is 4.74 Å². The average Bonchev–Trinajstić information content (AvgIpc) is 3.24. The van der Waals surface area contributed by atoms with Gasteiger partial charge in [0.1, 0.15) is 23.2 Å². The van der Waals surface area contributed by atoms with E-state index in [0.29, 0.717) is 28.9 Å². The molecule has 3 N–H and O–H groups in total. The number of alkyl halides is 6. The van der Waals surface area contributed by atoms with Gasteiger partial charge in [0, 0.05) is 29.3 Å². The monoisotopic (exact) mass is 507 g/mol. The number of nitrogens with one attached hydrogen (secondary N) is 3. The minimum absolute atomic E-state index is 0.0673. The van der Waals surface area contributed by atoms with Crippen LogP contribution < -0.4 is 15.4 Å². The molecule has 0 bridgehead atoms. The Morgan fingerprint density at radius 2 is 1.44 bits per heavy atom. The zero-order chi connectivity index (χ0) is 26.1. The Bertz CT molecular complexity index is 1380. The normalized spacial score (nSPS) is 11.9. The summed E-state index contributed by atoms with van der Waals surface area (Å²) < 4.78 is 85.1. The summed E-state index contributed by atoms with van der Waals surface area (Å²) in [5, 5.41) is 5.32. The van der Waals surface area contributed by atoms with Crippen LogP contribution in [0.25, 0.3) is 11.4 Å². The van der Waals surface area contributed by atoms with Gasteiger partial charge in [0.2, 0.25) is 0 Å². The summed E-state index contributed by atoms with van der Waals surface area (Å²) >= 11 is 0. The van der Waals surface area contributed by atoms with Gasteiger partial charge in [0.05, 0.1) is 23.8 Å². The molecule has 2 aromatic heterocycles. The largest absolute Gasteiger partial charge is 0.496 e. The van der Waals surface area contributed by atoms with Gasteiger partial charge in [-0.15, -0.1) is 0 Å². The number of hydrogen-bond acceptors (Lipinski definition) is 5. The average molecular weight is 507 g/mol. The third-order valence-electron chi connectivity index (χ3n) is 5.05. The molecule has 2 heterocycles. The summed E-state index contributed by atoms with van der Waals surface area (Å²) in [6.45, 7) is 1.84. The molecule has 36 heavy (non-hydrogen) atoms. The number of H-pyrrole nitrogens is 1. The number of hydrogen-bond donors (Lipinski definition) is 3. The van der Waals surface area contributed by atoms with E-state index in [9.17, 15) is 26.3 Å². The second kappa shape index (κ2) is 9.44. The molecule has 0 aliphatic heterocycles. The second-order valence-electron chi connectivity index (χ2n) is 7.78. The number of anilines is 4. The zero-order valence-electron chi connectivity index (χ0n) is 18.8. The summed E-state index contributed by atoms with van der Waals surface area (Å²) in [7, 11) is 1.44. The van der Waals surface area contributed by atoms with Gasteiger partial charge >= 0.3 is 12.4 Å². The van der Waals surface area contributed by atoms with E-state index in [-0.39, 0.29) is 17.3 Å². The Morgan fingerprint density at radius 3 is 2.00 bits per heavy atom. The van der Waals surface area contributed by atoms with Crippen molar-refractivity contribution in [2.75, 3.05) is 17.7 Å². The summed E-state index contributed by atoms with van der Waals surface area (Å²) in [5.74, 6) is 0.494. The molecule has 12 heteroatoms. The molecule has 0 spiro atoms. The van der Waals surface area contributed by atoms with Gasteiger partial charge in [-0.3, -0.25) is 0 Å². The van der Waals surface area contributed by atoms with Gasteiger partial charge in [-0.25, -0.2) is 9.97 Å². The summed E-state index contributed by atoms with van der Waals surface area (Å²) in [5.41, 5.74) is -0.206. The molecule has 2 aromatic carbocycles. The van der Waals surface area contributed by atoms with E-state index in [2.05, 4.69) is 25.6 Å². The van der Waals surface area contributed by atoms with Crippen molar-refractivity contribution in [1.29, 1.82) is 0 Å². The number of rotatable bonds is 6. The Kier molecular flexibility index (Phi) is 6.53. The fourth-order valence-corrected chi connectivity index (χ4v) is 3.41. The van der Waals surface area contributed by atoms with Gasteiger partial charge < -0.3 is 20.4 Å². The van der Waals surface area contributed by atoms with E-state index in [1.165, 1.54) is 13.2 Å². The lowest BCUT2D eigenvalue weighted by molar-refractivity contribution is -0.138. The lowest BCUT2D eigenvalue weighted by Gasteiger charge is -2.15. The molecular formula is C24H19F6N5O. The number of benzene rings is 2. The standard InChI is InChI=1S/C24H19F6N5O/c1-13-12-31-22(32-13)18-7-6-17(11-19(18)36-2)34-21-10-15(24(28,29)30)9-20(35-21)33-16-5-3-4-14(8-16)23(25,26)27/h3-12H,1-2H3,(H,31,32)(H2,33,34,35). The second-order valence-corrected chi connectivity index (χ2v) is 7.78. The fourth-order valence-electron chi connectivity index (χ4n) is 3.41. The first-order valence-corrected chi connectivity index (χ1v) is 10.4. The topological polar surface area (TPSA) is 74.9 Å². The van der Waals surface area contributed by atoms with Gasteiger partial charge in [0.25, 0.3) is 0 Å². The number of aromatic nitrogens is 3. The SMILES string of the molecule is COc1cc(Nc2cc(C(F)(F)F)cc(Nc3cccc(C(F)(F)F)c3)n2)ccc1-c1ncc(C)[nH]1. The van der Waals surface area contributed by atoms with Crippen molar-refractivity contribution in [1.82, 2.24) is 15.0 Å². The highest BCUT2D eigenvalue weighted by Crippen LogP contribution is 2.36. The molecule has 0 saturated carbocycles. The smallest absolute Gasteiger partial charge is 0.416 e. The van der Waals surface area contributed by atoms with E-state index in [1.54, 1.807) is 24.4 Å². The number of aromatic amines is 1. The third-order valence-corrected chi connectivity index (χ3v) is 5.05. The van der Waals surface area contributed by atoms with Crippen LogP contribution in [-0.4, -0.2) is 22.1 Å². The summed E-state index contributed by atoms with van der Waals surface area (Å²) in [6.07, 6.45) is -7.68. The molecule has 0 saturated heterocycles. The molecule has 0 amide bonds. The Labute approximate surface area is 201 Å². The highest BCUT2D eigenvalue weighted by Gasteiger charge is 2.32. The van der Waals surface area contributed by atoms with E-state index >= 15 is 0 Å². The van der Waals surface area contributed by atoms with Gasteiger partial charge in [-0.1, -0.05) is 6.07 Å². The van der Waals surface area contributed by atoms with Crippen LogP contribution in [0.4, 0.5) is 49.4 Å². The molecular weight excluding hydrogens is 488 g/mol. The lowest BCUT2D eigenvalue weighted by Crippen LogP contribution is -2.09. The van der Waals surface area contributed by atoms with Gasteiger partial charge in [-0.2, -0.15) is 26.3 Å². The first-order valence-electron chi connectivity index (χ1n) is 10.4. The minimum Gasteiger partial charge on any atom is -0.496 e. The highest BCUT2D eigenvalue weighted by molar-refractivity contribution is 5.71. The molecule has 0 aliphatic rings. The van der Waals surface area contributed by atoms with Crippen molar-refractivity contribution in [3.8, 4) is 17.1 Å². The summed E-state index contributed by atoms with van der Waals surface area (Å²) in [6, 6.07) is 10.5. The first kappa shape index (κ1) is 24.9. The minimum atomic E-state index is -4.72. The van der Waals surface area contributed by atoms with Crippen molar-refractivity contribution < 1.29 is 31.1 Å². The van der Waals surface area contributed by atoms with Crippen LogP contribution in [0.3, 0.4) is 0 Å². The van der Waals surface area contributed by atoms with Crippen LogP contribution >= 0.6 is 0 Å². The lowest BCUT2D eigenvalue weighted by atomic mass is 10.1. The number of pyridine rings is 1. The van der Waals surface area contributed by atoms with E-state index in [1.807, 2.05) is 6.92 Å². The molecule has 0 atom stereocenters. The van der Waals surface area contributed by atoms with Gasteiger partial charge in [-0.05, 0) is 49.4 Å². The van der Waals surface area contributed by atoms with E-state index < -0.39 is 23.5 Å². The van der Waals surface area contributed by atoms with Crippen LogP contribution in [0.2, 0.25) is 0 Å². The molecule has 4 aromatic rings. The van der Waals surface area contributed by atoms with Crippen LogP contribution in [0.1, 0.15) is 16.8 Å². The van der Waals surface area contributed by atoms with Crippen molar-refractivity contribution in [2.45, 2.75) is 19.3 Å². The van der Waals surface area contributed by atoms with Crippen molar-refractivity contribution >= 4 is 23.0 Å². The molecule has 188 valence electrons. The van der Waals surface area contributed by atoms with Gasteiger partial charge in [0.15, 0.2) is 0 Å². The molecule has 6 nitrogen and oxygen atoms in total. The zero-order valence-corrected chi connectivity index (χ0v) is 18.8. The van der Waals surface area contributed by atoms with Crippen LogP contribution in [-0.2, 0) is 12.4 Å². The molecule has 0 aliphatic carbocycles. The Morgan fingerprint density at radius 1 is 0.806 bits per heavy atom. The van der Waals surface area contributed by atoms with Crippen molar-refractivity contribution in [3.63, 3.8) is 0 Å². The van der Waals surface area contributed by atoms with Crippen molar-refractivity contribution in [2.24, 2.45) is 0 Å². The molecule has 4 rings (SSSR count). The van der Waals surface area contributed by atoms with Crippen LogP contribution in [0.15, 0.2) is 60.8 Å². The molecule has 0 fully saturated rings. The number of ether oxygens (including phenoxy) is 1. The number of nitrogens with zero attached hydrogens (tertiary/aromatic N) is 2. The number of aryl methyl sites for hydroxylation is 1. The van der Waals surface area contributed by atoms with E-state index in [0.717, 1.165) is 30.0 Å². The third kappa shape index (κ3) is 5.70. The summed E-state index contributed by atoms with van der Waals surface area (Å²) in [4.78, 5) is 11.4. The maximum Gasteiger partial charge on any atom is 0.416 e. The van der Waals surface area contributed by atoms with Crippen LogP contribution in [0.5, 0.6) is 5.75 Å². The first-order chi connectivity index (χ1) is 16.9. The fraction of sp³-hybridized carbons (Fsp3) is 0.167. The quantitative estimate of drug-likeness (QED) is 0.239. The molecule has 0 radical (unpaired) electrons. The van der Waals surface area contributed by atoms with Crippen molar-refractivity contribution in [3.05, 3.63) is 77.6 Å². The predicted octanol–water partition coefficient (Wildman–Crippen LogP) is 7.31. The van der Waals surface area contributed by atoms with Crippen LogP contribution in [0, 0.1) is 6.92 Å². The Hall–Kier alpha value is -4.22. The predicted molar refractivity (Wildman–Crippen MR) is 123 cm³/mol. The number of imidazole rings is 1. The highest BCUT2D eigenvalue weighted by atomic mass is 19.4. The number of methoxy groups -OCH3 is 1.